The summed E-state index contributed by atoms with van der Waals surface area (Å²) >= 11 is 0. The van der Waals surface area contributed by atoms with Crippen molar-refractivity contribution in [1.82, 2.24) is 4.90 Å². The normalized spacial score (nSPS) is 35.2. The van der Waals surface area contributed by atoms with Crippen molar-refractivity contribution in [3.8, 4) is 0 Å². The number of carbonyl (C=O) groups is 1. The largest absolute Gasteiger partial charge is 0.481 e. The molecule has 0 aromatic heterocycles. The molecule has 2 unspecified atom stereocenters. The van der Waals surface area contributed by atoms with Gasteiger partial charge in [0, 0.05) is 13.1 Å². The standard InChI is InChI=1S/C11H19NO2/c1-12-6-9(8-3-2-4-8)5-10(7-12)11(13)14/h8-10H,2-7H2,1H3,(H,13,14). The summed E-state index contributed by atoms with van der Waals surface area (Å²) in [5.74, 6) is 0.725. The Kier molecular flexibility index (Phi) is 2.77. The summed E-state index contributed by atoms with van der Waals surface area (Å²) in [6, 6.07) is 0. The fraction of sp³-hybridized carbons (Fsp3) is 0.909. The fourth-order valence-electron chi connectivity index (χ4n) is 2.80. The first kappa shape index (κ1) is 9.97. The first-order chi connectivity index (χ1) is 6.66. The average Bonchev–Trinajstić information content (AvgIpc) is 1.99. The zero-order valence-corrected chi connectivity index (χ0v) is 8.78. The van der Waals surface area contributed by atoms with E-state index in [0.717, 1.165) is 25.4 Å². The lowest BCUT2D eigenvalue weighted by atomic mass is 9.71. The SMILES string of the molecule is CN1CC(C(=O)O)CC(C2CCC2)C1. The van der Waals surface area contributed by atoms with Crippen LogP contribution >= 0.6 is 0 Å². The predicted molar refractivity (Wildman–Crippen MR) is 54.1 cm³/mol. The van der Waals surface area contributed by atoms with E-state index in [9.17, 15) is 4.79 Å². The van der Waals surface area contributed by atoms with E-state index in [1.807, 2.05) is 7.05 Å². The van der Waals surface area contributed by atoms with Crippen LogP contribution in [0.25, 0.3) is 0 Å². The molecule has 2 atom stereocenters. The molecule has 1 heterocycles. The molecule has 80 valence electrons. The molecule has 1 aliphatic carbocycles. The molecule has 0 spiro atoms. The highest BCUT2D eigenvalue weighted by molar-refractivity contribution is 5.70. The summed E-state index contributed by atoms with van der Waals surface area (Å²) in [6.07, 6.45) is 4.91. The van der Waals surface area contributed by atoms with E-state index in [2.05, 4.69) is 4.90 Å². The minimum Gasteiger partial charge on any atom is -0.481 e. The summed E-state index contributed by atoms with van der Waals surface area (Å²) in [5, 5.41) is 9.02. The molecule has 3 nitrogen and oxygen atoms in total. The number of likely N-dealkylation sites (tertiary alicyclic amines) is 1. The number of nitrogens with zero attached hydrogens (tertiary/aromatic N) is 1. The summed E-state index contributed by atoms with van der Waals surface area (Å²) < 4.78 is 0. The molecule has 3 heteroatoms. The van der Waals surface area contributed by atoms with Crippen LogP contribution in [0, 0.1) is 17.8 Å². The Morgan fingerprint density at radius 1 is 1.29 bits per heavy atom. The van der Waals surface area contributed by atoms with E-state index >= 15 is 0 Å². The Morgan fingerprint density at radius 2 is 2.00 bits per heavy atom. The summed E-state index contributed by atoms with van der Waals surface area (Å²) in [5.41, 5.74) is 0. The minimum atomic E-state index is -0.610. The van der Waals surface area contributed by atoms with Crippen molar-refractivity contribution >= 4 is 5.97 Å². The van der Waals surface area contributed by atoms with Crippen molar-refractivity contribution < 1.29 is 9.90 Å². The van der Waals surface area contributed by atoms with Crippen LogP contribution in [-0.2, 0) is 4.79 Å². The number of piperidine rings is 1. The Hall–Kier alpha value is -0.570. The van der Waals surface area contributed by atoms with E-state index in [1.165, 1.54) is 19.3 Å². The van der Waals surface area contributed by atoms with Gasteiger partial charge in [-0.3, -0.25) is 4.79 Å². The third-order valence-corrected chi connectivity index (χ3v) is 3.83. The first-order valence-electron chi connectivity index (χ1n) is 5.58. The second-order valence-electron chi connectivity index (χ2n) is 4.94. The molecule has 1 saturated heterocycles. The molecule has 1 saturated carbocycles. The van der Waals surface area contributed by atoms with Gasteiger partial charge in [0.1, 0.15) is 0 Å². The highest BCUT2D eigenvalue weighted by Gasteiger charge is 2.36. The molecule has 14 heavy (non-hydrogen) atoms. The van der Waals surface area contributed by atoms with Crippen molar-refractivity contribution in [2.75, 3.05) is 20.1 Å². The maximum Gasteiger partial charge on any atom is 0.307 e. The summed E-state index contributed by atoms with van der Waals surface area (Å²) in [7, 11) is 2.04. The molecule has 2 fully saturated rings. The highest BCUT2D eigenvalue weighted by atomic mass is 16.4. The number of rotatable bonds is 2. The molecule has 2 rings (SSSR count). The van der Waals surface area contributed by atoms with Gasteiger partial charge in [0.15, 0.2) is 0 Å². The van der Waals surface area contributed by atoms with Gasteiger partial charge in [-0.2, -0.15) is 0 Å². The van der Waals surface area contributed by atoms with E-state index in [4.69, 9.17) is 5.11 Å². The fourth-order valence-corrected chi connectivity index (χ4v) is 2.80. The van der Waals surface area contributed by atoms with Crippen molar-refractivity contribution in [1.29, 1.82) is 0 Å². The maximum atomic E-state index is 10.9. The number of hydrogen-bond acceptors (Lipinski definition) is 2. The van der Waals surface area contributed by atoms with Crippen LogP contribution in [0.3, 0.4) is 0 Å². The van der Waals surface area contributed by atoms with Crippen molar-refractivity contribution in [2.45, 2.75) is 25.7 Å². The third-order valence-electron chi connectivity index (χ3n) is 3.83. The predicted octanol–water partition coefficient (Wildman–Crippen LogP) is 1.44. The van der Waals surface area contributed by atoms with Crippen molar-refractivity contribution in [3.63, 3.8) is 0 Å². The van der Waals surface area contributed by atoms with Gasteiger partial charge in [0.25, 0.3) is 0 Å². The quantitative estimate of drug-likeness (QED) is 0.728. The topological polar surface area (TPSA) is 40.5 Å². The molecule has 0 bridgehead atoms. The lowest BCUT2D eigenvalue weighted by Crippen LogP contribution is -2.44. The van der Waals surface area contributed by atoms with Gasteiger partial charge in [-0.1, -0.05) is 19.3 Å². The second-order valence-corrected chi connectivity index (χ2v) is 4.94. The van der Waals surface area contributed by atoms with Crippen LogP contribution in [-0.4, -0.2) is 36.1 Å². The first-order valence-corrected chi connectivity index (χ1v) is 5.58. The van der Waals surface area contributed by atoms with Crippen molar-refractivity contribution in [2.24, 2.45) is 17.8 Å². The molecular weight excluding hydrogens is 178 g/mol. The van der Waals surface area contributed by atoms with Crippen LogP contribution in [0.4, 0.5) is 0 Å². The molecule has 0 radical (unpaired) electrons. The lowest BCUT2D eigenvalue weighted by Gasteiger charge is -2.41. The van der Waals surface area contributed by atoms with Gasteiger partial charge in [0.2, 0.25) is 0 Å². The third kappa shape index (κ3) is 1.92. The van der Waals surface area contributed by atoms with E-state index < -0.39 is 5.97 Å². The van der Waals surface area contributed by atoms with E-state index in [1.54, 1.807) is 0 Å². The molecule has 1 N–H and O–H groups in total. The smallest absolute Gasteiger partial charge is 0.307 e. The molecular formula is C11H19NO2. The van der Waals surface area contributed by atoms with Crippen LogP contribution < -0.4 is 0 Å². The highest BCUT2D eigenvalue weighted by Crippen LogP contribution is 2.38. The van der Waals surface area contributed by atoms with Gasteiger partial charge in [0.05, 0.1) is 5.92 Å². The molecule has 0 aromatic carbocycles. The lowest BCUT2D eigenvalue weighted by molar-refractivity contribution is -0.144. The Labute approximate surface area is 85.1 Å². The second kappa shape index (κ2) is 3.89. The summed E-state index contributed by atoms with van der Waals surface area (Å²) in [4.78, 5) is 13.1. The van der Waals surface area contributed by atoms with Gasteiger partial charge in [-0.25, -0.2) is 0 Å². The summed E-state index contributed by atoms with van der Waals surface area (Å²) in [6.45, 7) is 1.84. The Balaban J connectivity index is 1.94. The Morgan fingerprint density at radius 3 is 2.50 bits per heavy atom. The molecule has 0 aromatic rings. The maximum absolute atomic E-state index is 10.9. The number of carboxylic acids is 1. The van der Waals surface area contributed by atoms with E-state index in [-0.39, 0.29) is 5.92 Å². The monoisotopic (exact) mass is 197 g/mol. The van der Waals surface area contributed by atoms with Crippen LogP contribution in [0.1, 0.15) is 25.7 Å². The average molecular weight is 197 g/mol. The molecule has 1 aliphatic heterocycles. The van der Waals surface area contributed by atoms with Gasteiger partial charge >= 0.3 is 5.97 Å². The van der Waals surface area contributed by atoms with Crippen molar-refractivity contribution in [3.05, 3.63) is 0 Å². The zero-order valence-electron chi connectivity index (χ0n) is 8.78. The van der Waals surface area contributed by atoms with Gasteiger partial charge in [-0.05, 0) is 25.3 Å². The van der Waals surface area contributed by atoms with Crippen LogP contribution in [0.15, 0.2) is 0 Å². The number of carboxylic acid groups (broad SMARTS) is 1. The minimum absolute atomic E-state index is 0.126. The van der Waals surface area contributed by atoms with Crippen LogP contribution in [0.5, 0.6) is 0 Å². The zero-order chi connectivity index (χ0) is 10.1. The van der Waals surface area contributed by atoms with Gasteiger partial charge < -0.3 is 10.0 Å². The van der Waals surface area contributed by atoms with Gasteiger partial charge in [-0.15, -0.1) is 0 Å². The molecule has 2 aliphatic rings. The van der Waals surface area contributed by atoms with E-state index in [0.29, 0.717) is 5.92 Å². The van der Waals surface area contributed by atoms with Crippen LogP contribution in [0.2, 0.25) is 0 Å². The Bertz CT molecular complexity index is 225. The molecule has 0 amide bonds. The number of hydrogen-bond donors (Lipinski definition) is 1. The number of aliphatic carboxylic acids is 1.